The van der Waals surface area contributed by atoms with E-state index in [1.807, 2.05) is 30.3 Å². The molecule has 1 aliphatic rings. The molecule has 1 aliphatic carbocycles. The van der Waals surface area contributed by atoms with Crippen LogP contribution in [0.2, 0.25) is 0 Å². The zero-order valence-electron chi connectivity index (χ0n) is 12.4. The minimum absolute atomic E-state index is 0.344. The summed E-state index contributed by atoms with van der Waals surface area (Å²) in [7, 11) is 0. The van der Waals surface area contributed by atoms with E-state index in [4.69, 9.17) is 4.74 Å². The first-order chi connectivity index (χ1) is 9.75. The molecule has 0 radical (unpaired) electrons. The monoisotopic (exact) mass is 277 g/mol. The van der Waals surface area contributed by atoms with E-state index in [-0.39, 0.29) is 0 Å². The number of hydrogen-bond donors (Lipinski definition) is 2. The highest BCUT2D eigenvalue weighted by molar-refractivity contribution is 5.20. The minimum atomic E-state index is -0.450. The molecule has 3 heteroatoms. The van der Waals surface area contributed by atoms with Gasteiger partial charge < -0.3 is 15.2 Å². The van der Waals surface area contributed by atoms with Crippen molar-refractivity contribution in [2.24, 2.45) is 11.8 Å². The summed E-state index contributed by atoms with van der Waals surface area (Å²) in [5.41, 5.74) is 0. The summed E-state index contributed by atoms with van der Waals surface area (Å²) in [6.07, 6.45) is 4.97. The van der Waals surface area contributed by atoms with Crippen LogP contribution in [0.1, 0.15) is 32.6 Å². The Morgan fingerprint density at radius 2 is 2.00 bits per heavy atom. The number of aliphatic hydroxyl groups excluding tert-OH is 1. The quantitative estimate of drug-likeness (QED) is 0.805. The van der Waals surface area contributed by atoms with Gasteiger partial charge in [-0.15, -0.1) is 0 Å². The molecule has 1 fully saturated rings. The maximum atomic E-state index is 9.92. The van der Waals surface area contributed by atoms with E-state index in [2.05, 4.69) is 12.2 Å². The molecular formula is C17H27NO2. The van der Waals surface area contributed by atoms with Crippen molar-refractivity contribution < 1.29 is 9.84 Å². The van der Waals surface area contributed by atoms with E-state index in [9.17, 15) is 5.11 Å². The fraction of sp³-hybridized carbons (Fsp3) is 0.647. The Labute approximate surface area is 122 Å². The molecule has 0 amide bonds. The summed E-state index contributed by atoms with van der Waals surface area (Å²) < 4.78 is 5.54. The van der Waals surface area contributed by atoms with Crippen LogP contribution in [-0.2, 0) is 0 Å². The minimum Gasteiger partial charge on any atom is -0.491 e. The average molecular weight is 277 g/mol. The van der Waals surface area contributed by atoms with Gasteiger partial charge in [0.25, 0.3) is 0 Å². The van der Waals surface area contributed by atoms with Gasteiger partial charge in [0, 0.05) is 6.54 Å². The molecule has 20 heavy (non-hydrogen) atoms. The smallest absolute Gasteiger partial charge is 0.119 e. The van der Waals surface area contributed by atoms with Crippen LogP contribution in [0, 0.1) is 11.8 Å². The normalized spacial score (nSPS) is 24.3. The highest BCUT2D eigenvalue weighted by Crippen LogP contribution is 2.28. The summed E-state index contributed by atoms with van der Waals surface area (Å²) in [4.78, 5) is 0. The molecule has 0 bridgehead atoms. The lowest BCUT2D eigenvalue weighted by atomic mass is 9.80. The summed E-state index contributed by atoms with van der Waals surface area (Å²) >= 11 is 0. The summed E-state index contributed by atoms with van der Waals surface area (Å²) in [5, 5.41) is 13.3. The van der Waals surface area contributed by atoms with Gasteiger partial charge in [0.05, 0.1) is 0 Å². The van der Waals surface area contributed by atoms with Crippen LogP contribution in [0.3, 0.4) is 0 Å². The maximum Gasteiger partial charge on any atom is 0.119 e. The third-order valence-electron chi connectivity index (χ3n) is 4.26. The van der Waals surface area contributed by atoms with Crippen LogP contribution in [0.5, 0.6) is 5.75 Å². The van der Waals surface area contributed by atoms with Crippen LogP contribution in [-0.4, -0.2) is 30.9 Å². The van der Waals surface area contributed by atoms with Gasteiger partial charge in [-0.3, -0.25) is 0 Å². The number of para-hydroxylation sites is 1. The molecule has 2 rings (SSSR count). The fourth-order valence-electron chi connectivity index (χ4n) is 2.90. The van der Waals surface area contributed by atoms with Gasteiger partial charge in [-0.2, -0.15) is 0 Å². The van der Waals surface area contributed by atoms with Crippen molar-refractivity contribution in [2.45, 2.75) is 38.7 Å². The molecule has 0 saturated heterocycles. The second-order valence-corrected chi connectivity index (χ2v) is 5.96. The van der Waals surface area contributed by atoms with Gasteiger partial charge in [-0.1, -0.05) is 44.4 Å². The van der Waals surface area contributed by atoms with Crippen LogP contribution in [0.25, 0.3) is 0 Å². The lowest BCUT2D eigenvalue weighted by Gasteiger charge is -2.29. The van der Waals surface area contributed by atoms with Crippen molar-refractivity contribution in [1.82, 2.24) is 5.32 Å². The Kier molecular flexibility index (Phi) is 6.34. The first-order valence-corrected chi connectivity index (χ1v) is 7.82. The van der Waals surface area contributed by atoms with Crippen LogP contribution in [0.15, 0.2) is 30.3 Å². The first kappa shape index (κ1) is 15.3. The van der Waals surface area contributed by atoms with Gasteiger partial charge in [-0.05, 0) is 36.9 Å². The molecule has 1 aromatic carbocycles. The third-order valence-corrected chi connectivity index (χ3v) is 4.26. The van der Waals surface area contributed by atoms with Gasteiger partial charge in [-0.25, -0.2) is 0 Å². The van der Waals surface area contributed by atoms with Crippen molar-refractivity contribution in [2.75, 3.05) is 19.7 Å². The number of hydrogen-bond acceptors (Lipinski definition) is 3. The molecule has 0 aromatic heterocycles. The lowest BCUT2D eigenvalue weighted by Crippen LogP contribution is -2.36. The van der Waals surface area contributed by atoms with Crippen molar-refractivity contribution in [3.05, 3.63) is 30.3 Å². The van der Waals surface area contributed by atoms with Crippen molar-refractivity contribution in [3.63, 3.8) is 0 Å². The number of ether oxygens (including phenoxy) is 1. The summed E-state index contributed by atoms with van der Waals surface area (Å²) in [5.74, 6) is 2.40. The summed E-state index contributed by atoms with van der Waals surface area (Å²) in [6, 6.07) is 9.64. The van der Waals surface area contributed by atoms with E-state index in [0.29, 0.717) is 13.2 Å². The molecule has 0 aliphatic heterocycles. The van der Waals surface area contributed by atoms with Crippen LogP contribution < -0.4 is 10.1 Å². The second kappa shape index (κ2) is 8.28. The van der Waals surface area contributed by atoms with Crippen molar-refractivity contribution >= 4 is 0 Å². The highest BCUT2D eigenvalue weighted by atomic mass is 16.5. The number of nitrogens with one attached hydrogen (secondary N) is 1. The van der Waals surface area contributed by atoms with Gasteiger partial charge >= 0.3 is 0 Å². The largest absolute Gasteiger partial charge is 0.491 e. The van der Waals surface area contributed by atoms with E-state index in [1.54, 1.807) is 0 Å². The Morgan fingerprint density at radius 3 is 2.75 bits per heavy atom. The zero-order valence-corrected chi connectivity index (χ0v) is 12.4. The number of rotatable bonds is 7. The molecule has 3 nitrogen and oxygen atoms in total. The Bertz CT molecular complexity index is 369. The lowest BCUT2D eigenvalue weighted by molar-refractivity contribution is 0.103. The molecule has 3 unspecified atom stereocenters. The van der Waals surface area contributed by atoms with E-state index >= 15 is 0 Å². The molecule has 1 saturated carbocycles. The Morgan fingerprint density at radius 1 is 1.25 bits per heavy atom. The van der Waals surface area contributed by atoms with Crippen LogP contribution in [0.4, 0.5) is 0 Å². The van der Waals surface area contributed by atoms with Crippen molar-refractivity contribution in [3.8, 4) is 5.75 Å². The molecule has 0 heterocycles. The molecule has 0 spiro atoms. The predicted octanol–water partition coefficient (Wildman–Crippen LogP) is 2.84. The second-order valence-electron chi connectivity index (χ2n) is 5.96. The molecule has 112 valence electrons. The predicted molar refractivity (Wildman–Crippen MR) is 81.9 cm³/mol. The molecule has 2 N–H and O–H groups in total. The van der Waals surface area contributed by atoms with E-state index in [0.717, 1.165) is 24.1 Å². The van der Waals surface area contributed by atoms with Crippen molar-refractivity contribution in [1.29, 1.82) is 0 Å². The van der Waals surface area contributed by atoms with Gasteiger partial charge in [0.2, 0.25) is 0 Å². The highest BCUT2D eigenvalue weighted by Gasteiger charge is 2.20. The standard InChI is InChI=1S/C17H27NO2/c1-14-7-5-6-8-15(14)11-18-12-16(19)13-20-17-9-3-2-4-10-17/h2-4,9-10,14-16,18-19H,5-8,11-13H2,1H3. The van der Waals surface area contributed by atoms with Gasteiger partial charge in [0.15, 0.2) is 0 Å². The topological polar surface area (TPSA) is 41.5 Å². The van der Waals surface area contributed by atoms with Crippen LogP contribution >= 0.6 is 0 Å². The molecule has 1 aromatic rings. The summed E-state index contributed by atoms with van der Waals surface area (Å²) in [6.45, 7) is 4.32. The number of benzene rings is 1. The number of aliphatic hydroxyl groups is 1. The molecular weight excluding hydrogens is 250 g/mol. The maximum absolute atomic E-state index is 9.92. The SMILES string of the molecule is CC1CCCCC1CNCC(O)COc1ccccc1. The fourth-order valence-corrected chi connectivity index (χ4v) is 2.90. The first-order valence-electron chi connectivity index (χ1n) is 7.82. The zero-order chi connectivity index (χ0) is 14.2. The van der Waals surface area contributed by atoms with Gasteiger partial charge in [0.1, 0.15) is 18.5 Å². The Hall–Kier alpha value is -1.06. The third kappa shape index (κ3) is 5.14. The van der Waals surface area contributed by atoms with E-state index < -0.39 is 6.10 Å². The van der Waals surface area contributed by atoms with E-state index in [1.165, 1.54) is 25.7 Å². The average Bonchev–Trinajstić information content (AvgIpc) is 2.48. The Balaban J connectivity index is 1.59. The molecule has 3 atom stereocenters.